The van der Waals surface area contributed by atoms with Crippen LogP contribution in [0, 0.1) is 0 Å². The van der Waals surface area contributed by atoms with E-state index in [1.54, 1.807) is 12.1 Å². The lowest BCUT2D eigenvalue weighted by atomic mass is 10.1. The molecule has 0 saturated heterocycles. The van der Waals surface area contributed by atoms with Crippen LogP contribution in [0.15, 0.2) is 25.8 Å². The third kappa shape index (κ3) is 4.17. The van der Waals surface area contributed by atoms with Crippen molar-refractivity contribution in [3.05, 3.63) is 32.2 Å². The number of benzene rings is 1. The summed E-state index contributed by atoms with van der Waals surface area (Å²) >= 11 is 9.24. The molecule has 2 aromatic rings. The minimum Gasteiger partial charge on any atom is -0.463 e. The molecule has 2 rings (SSSR count). The summed E-state index contributed by atoms with van der Waals surface area (Å²) in [5.41, 5.74) is 5.00. The molecule has 0 fully saturated rings. The van der Waals surface area contributed by atoms with E-state index in [0.29, 0.717) is 20.6 Å². The zero-order valence-corrected chi connectivity index (χ0v) is 14.8. The summed E-state index contributed by atoms with van der Waals surface area (Å²) in [6.45, 7) is -1.37. The molecule has 0 unspecified atom stereocenters. The van der Waals surface area contributed by atoms with Crippen LogP contribution in [-0.4, -0.2) is 46.1 Å². The molecule has 132 valence electrons. The molecule has 0 aliphatic rings. The second kappa shape index (κ2) is 7.66. The number of nitrogens with two attached hydrogens (primary N) is 1. The molecular formula is C14H16BrClN2O6. The van der Waals surface area contributed by atoms with Crippen molar-refractivity contribution in [2.75, 3.05) is 19.8 Å². The molecule has 10 heteroatoms. The number of hydrogen-bond donors (Lipinski definition) is 3. The standard InChI is InChI=1S/C14H16BrClN2O6/c15-8-3-11-10(4-9(8)16)18(13(22)24-11)2-1-12(21)23-7-14(17,5-19)6-20/h3-4,19-20H,1-2,5-7,17H2. The first-order valence-corrected chi connectivity index (χ1v) is 8.11. The number of rotatable bonds is 7. The minimum absolute atomic E-state index is 0.0262. The summed E-state index contributed by atoms with van der Waals surface area (Å²) in [5.74, 6) is -1.25. The summed E-state index contributed by atoms with van der Waals surface area (Å²) in [6.07, 6.45) is -0.116. The molecule has 24 heavy (non-hydrogen) atoms. The predicted octanol–water partition coefficient (Wildman–Crippen LogP) is 0.626. The summed E-state index contributed by atoms with van der Waals surface area (Å²) in [7, 11) is 0. The molecule has 0 aliphatic carbocycles. The molecule has 1 aromatic heterocycles. The Morgan fingerprint density at radius 1 is 1.42 bits per heavy atom. The van der Waals surface area contributed by atoms with E-state index in [0.717, 1.165) is 0 Å². The van der Waals surface area contributed by atoms with Gasteiger partial charge >= 0.3 is 11.7 Å². The van der Waals surface area contributed by atoms with Crippen molar-refractivity contribution in [1.82, 2.24) is 4.57 Å². The van der Waals surface area contributed by atoms with Crippen LogP contribution in [0.4, 0.5) is 0 Å². The molecule has 0 atom stereocenters. The number of carbonyl (C=O) groups excluding carboxylic acids is 1. The number of ether oxygens (including phenoxy) is 1. The van der Waals surface area contributed by atoms with Crippen LogP contribution in [0.3, 0.4) is 0 Å². The normalized spacial score (nSPS) is 11.9. The molecule has 0 amide bonds. The van der Waals surface area contributed by atoms with E-state index in [9.17, 15) is 9.59 Å². The van der Waals surface area contributed by atoms with Crippen LogP contribution in [-0.2, 0) is 16.1 Å². The fraction of sp³-hybridized carbons (Fsp3) is 0.429. The largest absolute Gasteiger partial charge is 0.463 e. The maximum absolute atomic E-state index is 11.9. The number of aliphatic hydroxyl groups is 2. The predicted molar refractivity (Wildman–Crippen MR) is 89.8 cm³/mol. The highest BCUT2D eigenvalue weighted by Crippen LogP contribution is 2.27. The number of hydrogen-bond acceptors (Lipinski definition) is 7. The van der Waals surface area contributed by atoms with E-state index in [1.165, 1.54) is 4.57 Å². The number of carbonyl (C=O) groups is 1. The molecule has 0 aliphatic heterocycles. The molecule has 0 bridgehead atoms. The second-order valence-electron chi connectivity index (χ2n) is 5.34. The Balaban J connectivity index is 2.06. The van der Waals surface area contributed by atoms with Gasteiger partial charge < -0.3 is 25.1 Å². The summed E-state index contributed by atoms with van der Waals surface area (Å²) in [4.78, 5) is 23.6. The lowest BCUT2D eigenvalue weighted by Crippen LogP contribution is -2.51. The average Bonchev–Trinajstić information content (AvgIpc) is 2.85. The fourth-order valence-electron chi connectivity index (χ4n) is 1.91. The van der Waals surface area contributed by atoms with Gasteiger partial charge in [-0.1, -0.05) is 11.6 Å². The number of aryl methyl sites for hydroxylation is 1. The minimum atomic E-state index is -1.39. The number of esters is 1. The van der Waals surface area contributed by atoms with Gasteiger partial charge in [-0.05, 0) is 28.1 Å². The zero-order valence-electron chi connectivity index (χ0n) is 12.5. The Morgan fingerprint density at radius 2 is 2.08 bits per heavy atom. The highest BCUT2D eigenvalue weighted by atomic mass is 79.9. The van der Waals surface area contributed by atoms with Gasteiger partial charge in [0.05, 0.1) is 35.7 Å². The molecule has 0 radical (unpaired) electrons. The first-order chi connectivity index (χ1) is 11.3. The lowest BCUT2D eigenvalue weighted by molar-refractivity contribution is -0.146. The van der Waals surface area contributed by atoms with Gasteiger partial charge in [-0.25, -0.2) is 4.79 Å². The number of aromatic nitrogens is 1. The summed E-state index contributed by atoms with van der Waals surface area (Å²) < 4.78 is 11.9. The topological polar surface area (TPSA) is 128 Å². The van der Waals surface area contributed by atoms with Crippen molar-refractivity contribution in [1.29, 1.82) is 0 Å². The van der Waals surface area contributed by atoms with E-state index in [4.69, 9.17) is 36.7 Å². The Morgan fingerprint density at radius 3 is 2.71 bits per heavy atom. The van der Waals surface area contributed by atoms with Crippen LogP contribution in [0.5, 0.6) is 0 Å². The van der Waals surface area contributed by atoms with E-state index in [2.05, 4.69) is 15.9 Å². The van der Waals surface area contributed by atoms with Crippen molar-refractivity contribution in [2.24, 2.45) is 5.73 Å². The highest BCUT2D eigenvalue weighted by Gasteiger charge is 2.25. The van der Waals surface area contributed by atoms with Gasteiger partial charge in [-0.15, -0.1) is 0 Å². The molecule has 0 spiro atoms. The van der Waals surface area contributed by atoms with Crippen molar-refractivity contribution in [3.63, 3.8) is 0 Å². The SMILES string of the molecule is NC(CO)(CO)COC(=O)CCn1c(=O)oc2cc(Br)c(Cl)cc21. The number of oxazole rings is 1. The third-order valence-electron chi connectivity index (χ3n) is 3.40. The van der Waals surface area contributed by atoms with Gasteiger partial charge in [-0.2, -0.15) is 0 Å². The first-order valence-electron chi connectivity index (χ1n) is 6.94. The first kappa shape index (κ1) is 18.9. The highest BCUT2D eigenvalue weighted by molar-refractivity contribution is 9.10. The molecule has 1 heterocycles. The lowest BCUT2D eigenvalue weighted by Gasteiger charge is -2.23. The smallest absolute Gasteiger partial charge is 0.419 e. The second-order valence-corrected chi connectivity index (χ2v) is 6.60. The Labute approximate surface area is 149 Å². The van der Waals surface area contributed by atoms with E-state index >= 15 is 0 Å². The maximum atomic E-state index is 11.9. The number of aliphatic hydroxyl groups excluding tert-OH is 2. The number of nitrogens with zero attached hydrogens (tertiary/aromatic N) is 1. The maximum Gasteiger partial charge on any atom is 0.419 e. The molecule has 4 N–H and O–H groups in total. The van der Waals surface area contributed by atoms with Gasteiger partial charge in [0.1, 0.15) is 6.61 Å². The molecule has 1 aromatic carbocycles. The fourth-order valence-corrected chi connectivity index (χ4v) is 2.39. The molecular weight excluding hydrogens is 408 g/mol. The summed E-state index contributed by atoms with van der Waals surface area (Å²) in [6, 6.07) is 3.12. The van der Waals surface area contributed by atoms with Crippen LogP contribution >= 0.6 is 27.5 Å². The van der Waals surface area contributed by atoms with Gasteiger partial charge in [-0.3, -0.25) is 9.36 Å². The van der Waals surface area contributed by atoms with Crippen LogP contribution in [0.1, 0.15) is 6.42 Å². The van der Waals surface area contributed by atoms with Crippen molar-refractivity contribution in [3.8, 4) is 0 Å². The van der Waals surface area contributed by atoms with Crippen LogP contribution in [0.25, 0.3) is 11.1 Å². The van der Waals surface area contributed by atoms with E-state index in [1.807, 2.05) is 0 Å². The van der Waals surface area contributed by atoms with Crippen LogP contribution in [0.2, 0.25) is 5.02 Å². The Bertz CT molecular complexity index is 798. The van der Waals surface area contributed by atoms with Gasteiger partial charge in [0.2, 0.25) is 0 Å². The molecule has 8 nitrogen and oxygen atoms in total. The van der Waals surface area contributed by atoms with Crippen molar-refractivity contribution >= 4 is 44.6 Å². The van der Waals surface area contributed by atoms with E-state index in [-0.39, 0.29) is 19.6 Å². The van der Waals surface area contributed by atoms with Gasteiger partial charge in [0.25, 0.3) is 0 Å². The van der Waals surface area contributed by atoms with Gasteiger partial charge in [0, 0.05) is 11.0 Å². The van der Waals surface area contributed by atoms with Crippen LogP contribution < -0.4 is 11.5 Å². The summed E-state index contributed by atoms with van der Waals surface area (Å²) in [5, 5.41) is 18.5. The molecule has 0 saturated carbocycles. The van der Waals surface area contributed by atoms with Gasteiger partial charge in [0.15, 0.2) is 5.58 Å². The Hall–Kier alpha value is -1.39. The quantitative estimate of drug-likeness (QED) is 0.557. The zero-order chi connectivity index (χ0) is 17.9. The average molecular weight is 424 g/mol. The van der Waals surface area contributed by atoms with Crippen molar-refractivity contribution < 1.29 is 24.2 Å². The third-order valence-corrected chi connectivity index (χ3v) is 4.60. The number of fused-ring (bicyclic) bond motifs is 1. The van der Waals surface area contributed by atoms with E-state index < -0.39 is 30.5 Å². The van der Waals surface area contributed by atoms with Crippen molar-refractivity contribution in [2.45, 2.75) is 18.5 Å². The number of halogens is 2. The Kier molecular flexibility index (Phi) is 6.05. The monoisotopic (exact) mass is 422 g/mol.